The number of hydrogen-bond donors (Lipinski definition) is 0. The third-order valence-corrected chi connectivity index (χ3v) is 6.55. The smallest absolute Gasteiger partial charge is 0.231 e. The first kappa shape index (κ1) is 17.7. The van der Waals surface area contributed by atoms with E-state index < -0.39 is 0 Å². The number of para-hydroxylation sites is 1. The second-order valence-electron chi connectivity index (χ2n) is 7.50. The number of ether oxygens (including phenoxy) is 3. The first-order valence-electron chi connectivity index (χ1n) is 9.95. The van der Waals surface area contributed by atoms with E-state index in [1.54, 1.807) is 11.8 Å². The van der Waals surface area contributed by atoms with Gasteiger partial charge >= 0.3 is 0 Å². The van der Waals surface area contributed by atoms with E-state index in [0.29, 0.717) is 0 Å². The molecule has 0 fully saturated rings. The van der Waals surface area contributed by atoms with Crippen LogP contribution in [0.1, 0.15) is 35.4 Å². The molecule has 3 aromatic rings. The summed E-state index contributed by atoms with van der Waals surface area (Å²) in [4.78, 5) is 1.23. The predicted octanol–water partition coefficient (Wildman–Crippen LogP) is 5.38. The number of benzene rings is 3. The standard InChI is InChI=1S/C24H20N2O3S/c1-30-17-9-6-15(7-10-17)24-26-20(18-4-2-3-5-21(18)29-24)13-19(25-26)16-8-11-22-23(12-16)28-14-27-22/h2-12,20,24H,13-14H2,1H3/t20-,24-/m0/s1. The normalized spacial score (nSPS) is 21.0. The molecular weight excluding hydrogens is 396 g/mol. The van der Waals surface area contributed by atoms with Crippen molar-refractivity contribution in [3.63, 3.8) is 0 Å². The maximum Gasteiger partial charge on any atom is 0.231 e. The van der Waals surface area contributed by atoms with Crippen LogP contribution in [0.15, 0.2) is 76.7 Å². The van der Waals surface area contributed by atoms with Crippen molar-refractivity contribution in [2.45, 2.75) is 23.6 Å². The Morgan fingerprint density at radius 2 is 1.77 bits per heavy atom. The second-order valence-corrected chi connectivity index (χ2v) is 8.38. The molecule has 30 heavy (non-hydrogen) atoms. The molecule has 150 valence electrons. The molecule has 0 unspecified atom stereocenters. The van der Waals surface area contributed by atoms with Crippen LogP contribution in [-0.2, 0) is 0 Å². The molecule has 0 saturated heterocycles. The Kier molecular flexibility index (Phi) is 4.13. The van der Waals surface area contributed by atoms with Crippen LogP contribution in [0.5, 0.6) is 17.2 Å². The average molecular weight is 417 g/mol. The molecule has 6 heteroatoms. The lowest BCUT2D eigenvalue weighted by Crippen LogP contribution is -2.33. The highest BCUT2D eigenvalue weighted by Crippen LogP contribution is 2.48. The Bertz CT molecular complexity index is 1150. The lowest BCUT2D eigenvalue weighted by molar-refractivity contribution is -0.0190. The minimum atomic E-state index is -0.257. The van der Waals surface area contributed by atoms with Crippen molar-refractivity contribution in [2.75, 3.05) is 13.0 Å². The van der Waals surface area contributed by atoms with E-state index in [1.807, 2.05) is 18.2 Å². The number of hydrogen-bond acceptors (Lipinski definition) is 6. The summed E-state index contributed by atoms with van der Waals surface area (Å²) in [6.07, 6.45) is 2.65. The van der Waals surface area contributed by atoms with Gasteiger partial charge in [-0.2, -0.15) is 5.10 Å². The Hall–Kier alpha value is -3.12. The van der Waals surface area contributed by atoms with Gasteiger partial charge in [0.1, 0.15) is 5.75 Å². The van der Waals surface area contributed by atoms with Crippen LogP contribution in [0.2, 0.25) is 0 Å². The maximum absolute atomic E-state index is 6.43. The summed E-state index contributed by atoms with van der Waals surface area (Å²) in [6, 6.07) is 23.0. The molecule has 3 aromatic carbocycles. The zero-order valence-electron chi connectivity index (χ0n) is 16.4. The highest BCUT2D eigenvalue weighted by Gasteiger charge is 2.41. The number of hydrazone groups is 1. The van der Waals surface area contributed by atoms with Crippen molar-refractivity contribution in [3.8, 4) is 17.2 Å². The van der Waals surface area contributed by atoms with Crippen LogP contribution in [0.25, 0.3) is 0 Å². The Balaban J connectivity index is 1.41. The number of rotatable bonds is 3. The topological polar surface area (TPSA) is 43.3 Å². The zero-order valence-corrected chi connectivity index (χ0v) is 17.3. The van der Waals surface area contributed by atoms with Crippen LogP contribution in [-0.4, -0.2) is 23.8 Å². The maximum atomic E-state index is 6.43. The third kappa shape index (κ3) is 2.82. The van der Waals surface area contributed by atoms with Gasteiger partial charge in [0.05, 0.1) is 11.8 Å². The van der Waals surface area contributed by atoms with E-state index in [2.05, 4.69) is 59.8 Å². The fraction of sp³-hybridized carbons (Fsp3) is 0.208. The average Bonchev–Trinajstić information content (AvgIpc) is 3.45. The first-order chi connectivity index (χ1) is 14.8. The van der Waals surface area contributed by atoms with Gasteiger partial charge in [0.15, 0.2) is 11.5 Å². The SMILES string of the molecule is CSc1ccc([C@@H]2Oc3ccccc3[C@@H]3CC(c4ccc5c(c4)OCO5)=NN32)cc1. The molecule has 0 aliphatic carbocycles. The van der Waals surface area contributed by atoms with Gasteiger partial charge in [0, 0.05) is 28.0 Å². The van der Waals surface area contributed by atoms with Crippen molar-refractivity contribution >= 4 is 17.5 Å². The molecule has 0 bridgehead atoms. The highest BCUT2D eigenvalue weighted by molar-refractivity contribution is 7.98. The van der Waals surface area contributed by atoms with Crippen molar-refractivity contribution in [1.29, 1.82) is 0 Å². The molecule has 0 aromatic heterocycles. The van der Waals surface area contributed by atoms with Gasteiger partial charge in [-0.3, -0.25) is 0 Å². The van der Waals surface area contributed by atoms with Crippen molar-refractivity contribution in [2.24, 2.45) is 5.10 Å². The third-order valence-electron chi connectivity index (χ3n) is 5.81. The molecule has 0 amide bonds. The number of fused-ring (bicyclic) bond motifs is 4. The Morgan fingerprint density at radius 1 is 0.933 bits per heavy atom. The van der Waals surface area contributed by atoms with E-state index in [4.69, 9.17) is 19.3 Å². The number of thioether (sulfide) groups is 1. The molecule has 5 nitrogen and oxygen atoms in total. The fourth-order valence-electron chi connectivity index (χ4n) is 4.27. The van der Waals surface area contributed by atoms with Crippen LogP contribution in [0, 0.1) is 0 Å². The summed E-state index contributed by atoms with van der Waals surface area (Å²) in [5.41, 5.74) is 4.36. The summed E-state index contributed by atoms with van der Waals surface area (Å²) in [6.45, 7) is 0.273. The lowest BCUT2D eigenvalue weighted by atomic mass is 9.96. The Morgan fingerprint density at radius 3 is 2.63 bits per heavy atom. The number of nitrogens with zero attached hydrogens (tertiary/aromatic N) is 2. The predicted molar refractivity (Wildman–Crippen MR) is 116 cm³/mol. The minimum absolute atomic E-state index is 0.139. The molecule has 3 aliphatic rings. The van der Waals surface area contributed by atoms with E-state index in [-0.39, 0.29) is 19.1 Å². The quantitative estimate of drug-likeness (QED) is 0.537. The zero-order chi connectivity index (χ0) is 20.1. The van der Waals surface area contributed by atoms with E-state index in [9.17, 15) is 0 Å². The van der Waals surface area contributed by atoms with Gasteiger partial charge in [0.25, 0.3) is 0 Å². The monoisotopic (exact) mass is 416 g/mol. The summed E-state index contributed by atoms with van der Waals surface area (Å²) in [7, 11) is 0. The van der Waals surface area contributed by atoms with E-state index >= 15 is 0 Å². The van der Waals surface area contributed by atoms with Gasteiger partial charge < -0.3 is 14.2 Å². The van der Waals surface area contributed by atoms with Gasteiger partial charge in [-0.05, 0) is 42.7 Å². The van der Waals surface area contributed by atoms with Crippen LogP contribution in [0.3, 0.4) is 0 Å². The van der Waals surface area contributed by atoms with Crippen LogP contribution >= 0.6 is 11.8 Å². The summed E-state index contributed by atoms with van der Waals surface area (Å²) < 4.78 is 17.5. The van der Waals surface area contributed by atoms with Gasteiger partial charge in [-0.1, -0.05) is 30.3 Å². The van der Waals surface area contributed by atoms with Crippen molar-refractivity contribution in [3.05, 3.63) is 83.4 Å². The fourth-order valence-corrected chi connectivity index (χ4v) is 4.68. The molecular formula is C24H20N2O3S. The molecule has 3 heterocycles. The lowest BCUT2D eigenvalue weighted by Gasteiger charge is -2.38. The first-order valence-corrected chi connectivity index (χ1v) is 11.2. The van der Waals surface area contributed by atoms with Crippen LogP contribution in [0.4, 0.5) is 0 Å². The molecule has 3 aliphatic heterocycles. The highest BCUT2D eigenvalue weighted by atomic mass is 32.2. The van der Waals surface area contributed by atoms with E-state index in [1.165, 1.54) is 10.5 Å². The molecule has 0 saturated carbocycles. The molecule has 2 atom stereocenters. The van der Waals surface area contributed by atoms with Crippen LogP contribution < -0.4 is 14.2 Å². The summed E-state index contributed by atoms with van der Waals surface area (Å²) in [5, 5.41) is 7.14. The molecule has 0 N–H and O–H groups in total. The molecule has 6 rings (SSSR count). The molecule has 0 radical (unpaired) electrons. The minimum Gasteiger partial charge on any atom is -0.464 e. The summed E-state index contributed by atoms with van der Waals surface area (Å²) in [5.74, 6) is 2.50. The largest absolute Gasteiger partial charge is 0.464 e. The Labute approximate surface area is 179 Å². The second kappa shape index (κ2) is 6.99. The van der Waals surface area contributed by atoms with Gasteiger partial charge in [-0.15, -0.1) is 11.8 Å². The van der Waals surface area contributed by atoms with Crippen molar-refractivity contribution in [1.82, 2.24) is 5.01 Å². The van der Waals surface area contributed by atoms with Crippen molar-refractivity contribution < 1.29 is 14.2 Å². The molecule has 0 spiro atoms. The van der Waals surface area contributed by atoms with Gasteiger partial charge in [-0.25, -0.2) is 5.01 Å². The van der Waals surface area contributed by atoms with E-state index in [0.717, 1.165) is 40.5 Å². The summed E-state index contributed by atoms with van der Waals surface area (Å²) >= 11 is 1.74. The van der Waals surface area contributed by atoms with Gasteiger partial charge in [0.2, 0.25) is 13.0 Å².